The maximum absolute atomic E-state index is 11.1. The number of rotatable bonds is 6. The van der Waals surface area contributed by atoms with Crippen molar-refractivity contribution in [2.24, 2.45) is 0 Å². The SMILES string of the molecule is N#CCNC(=O)CNCCN1CCCCC1. The van der Waals surface area contributed by atoms with Gasteiger partial charge in [0.05, 0.1) is 12.6 Å². The Balaban J connectivity index is 1.94. The molecule has 0 atom stereocenters. The van der Waals surface area contributed by atoms with E-state index < -0.39 is 0 Å². The molecule has 0 radical (unpaired) electrons. The summed E-state index contributed by atoms with van der Waals surface area (Å²) in [4.78, 5) is 13.5. The molecule has 1 aliphatic rings. The van der Waals surface area contributed by atoms with Crippen LogP contribution in [0.15, 0.2) is 0 Å². The van der Waals surface area contributed by atoms with Crippen LogP contribution in [0.3, 0.4) is 0 Å². The highest BCUT2D eigenvalue weighted by Gasteiger charge is 2.08. The lowest BCUT2D eigenvalue weighted by atomic mass is 10.1. The third kappa shape index (κ3) is 5.69. The molecule has 1 aliphatic heterocycles. The van der Waals surface area contributed by atoms with Crippen LogP contribution in [0.25, 0.3) is 0 Å². The van der Waals surface area contributed by atoms with Gasteiger partial charge in [-0.05, 0) is 25.9 Å². The van der Waals surface area contributed by atoms with Gasteiger partial charge in [0.2, 0.25) is 5.91 Å². The average Bonchev–Trinajstić information content (AvgIpc) is 2.33. The standard InChI is InChI=1S/C11H20N4O/c12-4-5-14-11(16)10-13-6-9-15-7-2-1-3-8-15/h13H,1-3,5-10H2,(H,14,16). The van der Waals surface area contributed by atoms with Gasteiger partial charge in [0, 0.05) is 13.1 Å². The predicted octanol–water partition coefficient (Wildman–Crippen LogP) is -0.298. The molecule has 0 unspecified atom stereocenters. The number of hydrogen-bond donors (Lipinski definition) is 2. The zero-order valence-corrected chi connectivity index (χ0v) is 9.67. The monoisotopic (exact) mass is 224 g/mol. The summed E-state index contributed by atoms with van der Waals surface area (Å²) in [5.41, 5.74) is 0. The van der Waals surface area contributed by atoms with E-state index in [0.29, 0.717) is 6.54 Å². The third-order valence-corrected chi connectivity index (χ3v) is 2.70. The molecule has 16 heavy (non-hydrogen) atoms. The molecular formula is C11H20N4O. The van der Waals surface area contributed by atoms with E-state index in [1.54, 1.807) is 0 Å². The van der Waals surface area contributed by atoms with Crippen LogP contribution in [0.1, 0.15) is 19.3 Å². The number of hydrogen-bond acceptors (Lipinski definition) is 4. The summed E-state index contributed by atoms with van der Waals surface area (Å²) in [5.74, 6) is -0.111. The van der Waals surface area contributed by atoms with E-state index in [1.165, 1.54) is 32.4 Å². The Morgan fingerprint density at radius 1 is 1.31 bits per heavy atom. The second kappa shape index (κ2) is 8.08. The molecule has 0 aliphatic carbocycles. The van der Waals surface area contributed by atoms with Crippen LogP contribution in [-0.4, -0.2) is 50.1 Å². The predicted molar refractivity (Wildman–Crippen MR) is 61.8 cm³/mol. The number of carbonyl (C=O) groups is 1. The molecule has 5 nitrogen and oxygen atoms in total. The number of nitrogens with one attached hydrogen (secondary N) is 2. The number of piperidine rings is 1. The number of nitrogens with zero attached hydrogens (tertiary/aromatic N) is 2. The molecule has 1 heterocycles. The van der Waals surface area contributed by atoms with Gasteiger partial charge in [0.1, 0.15) is 6.54 Å². The molecule has 0 aromatic carbocycles. The van der Waals surface area contributed by atoms with E-state index in [-0.39, 0.29) is 12.5 Å². The van der Waals surface area contributed by atoms with Gasteiger partial charge in [0.15, 0.2) is 0 Å². The minimum absolute atomic E-state index is 0.0899. The smallest absolute Gasteiger partial charge is 0.234 e. The lowest BCUT2D eigenvalue weighted by Crippen LogP contribution is -2.39. The van der Waals surface area contributed by atoms with Crippen LogP contribution in [0.2, 0.25) is 0 Å². The normalized spacial score (nSPS) is 16.7. The summed E-state index contributed by atoms with van der Waals surface area (Å²) in [6.07, 6.45) is 3.94. The number of nitriles is 1. The Hall–Kier alpha value is -1.12. The lowest BCUT2D eigenvalue weighted by Gasteiger charge is -2.26. The van der Waals surface area contributed by atoms with Crippen LogP contribution in [0, 0.1) is 11.3 Å². The largest absolute Gasteiger partial charge is 0.342 e. The fraction of sp³-hybridized carbons (Fsp3) is 0.818. The minimum atomic E-state index is -0.111. The number of amides is 1. The molecule has 0 aromatic rings. The van der Waals surface area contributed by atoms with Gasteiger partial charge in [-0.1, -0.05) is 6.42 Å². The summed E-state index contributed by atoms with van der Waals surface area (Å²) >= 11 is 0. The second-order valence-electron chi connectivity index (χ2n) is 4.01. The highest BCUT2D eigenvalue weighted by molar-refractivity contribution is 5.78. The molecule has 90 valence electrons. The molecule has 0 aromatic heterocycles. The first-order valence-electron chi connectivity index (χ1n) is 5.89. The van der Waals surface area contributed by atoms with E-state index in [0.717, 1.165) is 13.1 Å². The Morgan fingerprint density at radius 2 is 2.06 bits per heavy atom. The molecule has 1 amide bonds. The Kier molecular flexibility index (Phi) is 6.54. The van der Waals surface area contributed by atoms with Crippen molar-refractivity contribution >= 4 is 5.91 Å². The van der Waals surface area contributed by atoms with Crippen LogP contribution in [-0.2, 0) is 4.79 Å². The maximum Gasteiger partial charge on any atom is 0.234 e. The van der Waals surface area contributed by atoms with Crippen molar-refractivity contribution in [1.82, 2.24) is 15.5 Å². The molecule has 2 N–H and O–H groups in total. The van der Waals surface area contributed by atoms with E-state index in [4.69, 9.17) is 5.26 Å². The van der Waals surface area contributed by atoms with Crippen LogP contribution < -0.4 is 10.6 Å². The number of carbonyl (C=O) groups excluding carboxylic acids is 1. The highest BCUT2D eigenvalue weighted by atomic mass is 16.1. The van der Waals surface area contributed by atoms with E-state index in [9.17, 15) is 4.79 Å². The topological polar surface area (TPSA) is 68.2 Å². The van der Waals surface area contributed by atoms with E-state index >= 15 is 0 Å². The zero-order valence-electron chi connectivity index (χ0n) is 9.67. The molecular weight excluding hydrogens is 204 g/mol. The summed E-state index contributed by atoms with van der Waals surface area (Å²) in [5, 5.41) is 13.8. The lowest BCUT2D eigenvalue weighted by molar-refractivity contribution is -0.120. The first-order chi connectivity index (χ1) is 7.83. The summed E-state index contributed by atoms with van der Waals surface area (Å²) < 4.78 is 0. The molecule has 5 heteroatoms. The van der Waals surface area contributed by atoms with Crippen molar-refractivity contribution in [2.75, 3.05) is 39.3 Å². The van der Waals surface area contributed by atoms with Gasteiger partial charge in [-0.2, -0.15) is 5.26 Å². The summed E-state index contributed by atoms with van der Waals surface area (Å²) in [7, 11) is 0. The van der Waals surface area contributed by atoms with Gasteiger partial charge in [0.25, 0.3) is 0 Å². The van der Waals surface area contributed by atoms with Crippen molar-refractivity contribution in [2.45, 2.75) is 19.3 Å². The number of likely N-dealkylation sites (tertiary alicyclic amines) is 1. The summed E-state index contributed by atoms with van der Waals surface area (Å²) in [6.45, 7) is 4.60. The molecule has 1 rings (SSSR count). The quantitative estimate of drug-likeness (QED) is 0.480. The Labute approximate surface area is 96.8 Å². The van der Waals surface area contributed by atoms with Crippen LogP contribution >= 0.6 is 0 Å². The fourth-order valence-corrected chi connectivity index (χ4v) is 1.82. The highest BCUT2D eigenvalue weighted by Crippen LogP contribution is 2.06. The van der Waals surface area contributed by atoms with Crippen molar-refractivity contribution in [3.63, 3.8) is 0 Å². The maximum atomic E-state index is 11.1. The zero-order chi connectivity index (χ0) is 11.6. The molecule has 0 spiro atoms. The fourth-order valence-electron chi connectivity index (χ4n) is 1.82. The third-order valence-electron chi connectivity index (χ3n) is 2.70. The van der Waals surface area contributed by atoms with Crippen LogP contribution in [0.4, 0.5) is 0 Å². The van der Waals surface area contributed by atoms with Crippen molar-refractivity contribution in [1.29, 1.82) is 5.26 Å². The second-order valence-corrected chi connectivity index (χ2v) is 4.01. The minimum Gasteiger partial charge on any atom is -0.342 e. The Bertz CT molecular complexity index is 243. The molecule has 0 bridgehead atoms. The van der Waals surface area contributed by atoms with Gasteiger partial charge in [-0.25, -0.2) is 0 Å². The van der Waals surface area contributed by atoms with Crippen molar-refractivity contribution in [3.05, 3.63) is 0 Å². The van der Waals surface area contributed by atoms with E-state index in [2.05, 4.69) is 15.5 Å². The Morgan fingerprint density at radius 3 is 2.75 bits per heavy atom. The van der Waals surface area contributed by atoms with Crippen LogP contribution in [0.5, 0.6) is 0 Å². The van der Waals surface area contributed by atoms with Gasteiger partial charge in [-0.15, -0.1) is 0 Å². The molecule has 1 saturated heterocycles. The van der Waals surface area contributed by atoms with Crippen molar-refractivity contribution in [3.8, 4) is 6.07 Å². The average molecular weight is 224 g/mol. The van der Waals surface area contributed by atoms with Gasteiger partial charge in [-0.3, -0.25) is 4.79 Å². The van der Waals surface area contributed by atoms with Gasteiger partial charge >= 0.3 is 0 Å². The van der Waals surface area contributed by atoms with E-state index in [1.807, 2.05) is 6.07 Å². The first-order valence-corrected chi connectivity index (χ1v) is 5.89. The first kappa shape index (κ1) is 12.9. The summed E-state index contributed by atoms with van der Waals surface area (Å²) in [6, 6.07) is 1.87. The van der Waals surface area contributed by atoms with Crippen molar-refractivity contribution < 1.29 is 4.79 Å². The molecule has 1 fully saturated rings. The van der Waals surface area contributed by atoms with Gasteiger partial charge < -0.3 is 15.5 Å². The molecule has 0 saturated carbocycles.